The molecular weight excluding hydrogens is 354 g/mol. The van der Waals surface area contributed by atoms with E-state index in [0.717, 1.165) is 44.8 Å². The van der Waals surface area contributed by atoms with Crippen LogP contribution < -0.4 is 16.0 Å². The van der Waals surface area contributed by atoms with Crippen LogP contribution in [0.1, 0.15) is 18.4 Å². The molecule has 2 aromatic rings. The van der Waals surface area contributed by atoms with E-state index >= 15 is 0 Å². The summed E-state index contributed by atoms with van der Waals surface area (Å²) in [4.78, 5) is 22.5. The van der Waals surface area contributed by atoms with Gasteiger partial charge in [-0.25, -0.2) is 0 Å². The van der Waals surface area contributed by atoms with Gasteiger partial charge < -0.3 is 20.9 Å². The topological polar surface area (TPSA) is 94.1 Å². The molecule has 9 heteroatoms. The molecule has 0 amide bonds. The van der Waals surface area contributed by atoms with Gasteiger partial charge in [0, 0.05) is 64.2 Å². The van der Waals surface area contributed by atoms with Crippen LogP contribution in [0.2, 0.25) is 0 Å². The maximum atomic E-state index is 4.54. The first-order chi connectivity index (χ1) is 13.7. The summed E-state index contributed by atoms with van der Waals surface area (Å²) >= 11 is 0. The second-order valence-corrected chi connectivity index (χ2v) is 7.51. The maximum Gasteiger partial charge on any atom is 0.229 e. The molecule has 2 aliphatic rings. The van der Waals surface area contributed by atoms with Crippen molar-refractivity contribution in [2.75, 3.05) is 62.3 Å². The number of nitrogens with zero attached hydrogens (tertiary/aromatic N) is 6. The zero-order valence-corrected chi connectivity index (χ0v) is 16.4. The monoisotopic (exact) mass is 383 g/mol. The number of piperazine rings is 1. The number of likely N-dealkylation sites (N-methyl/N-ethyl adjacent to an activating group) is 1. The number of anilines is 3. The summed E-state index contributed by atoms with van der Waals surface area (Å²) in [7, 11) is 2.18. The van der Waals surface area contributed by atoms with Gasteiger partial charge in [-0.05, 0) is 37.6 Å². The summed E-state index contributed by atoms with van der Waals surface area (Å²) in [5.74, 6) is 1.83. The van der Waals surface area contributed by atoms with Crippen LogP contribution in [0, 0.1) is 0 Å². The highest BCUT2D eigenvalue weighted by atomic mass is 15.3. The zero-order chi connectivity index (χ0) is 19.2. The van der Waals surface area contributed by atoms with Gasteiger partial charge in [0.2, 0.25) is 17.8 Å². The van der Waals surface area contributed by atoms with E-state index in [0.29, 0.717) is 30.4 Å². The minimum absolute atomic E-state index is 0.494. The van der Waals surface area contributed by atoms with Crippen molar-refractivity contribution in [2.24, 2.45) is 0 Å². The van der Waals surface area contributed by atoms with Gasteiger partial charge in [0.05, 0.1) is 0 Å². The Hall–Kier alpha value is -2.52. The lowest BCUT2D eigenvalue weighted by atomic mass is 10.3. The van der Waals surface area contributed by atoms with E-state index in [-0.39, 0.29) is 0 Å². The molecule has 1 saturated carbocycles. The highest BCUT2D eigenvalue weighted by Gasteiger charge is 2.22. The van der Waals surface area contributed by atoms with E-state index in [4.69, 9.17) is 0 Å². The SMILES string of the molecule is CN1CCN(CCNc2nc(NCc3ccncc3)nc(NC3CC3)n2)CC1. The van der Waals surface area contributed by atoms with Crippen LogP contribution in [-0.2, 0) is 6.54 Å². The van der Waals surface area contributed by atoms with Crippen LogP contribution in [-0.4, -0.2) is 82.1 Å². The molecule has 150 valence electrons. The molecule has 1 aliphatic carbocycles. The molecule has 0 spiro atoms. The van der Waals surface area contributed by atoms with Crippen molar-refractivity contribution in [3.05, 3.63) is 30.1 Å². The quantitative estimate of drug-likeness (QED) is 0.589. The molecule has 0 radical (unpaired) electrons. The van der Waals surface area contributed by atoms with Crippen LogP contribution in [0.15, 0.2) is 24.5 Å². The molecule has 0 bridgehead atoms. The van der Waals surface area contributed by atoms with E-state index in [1.165, 1.54) is 12.8 Å². The lowest BCUT2D eigenvalue weighted by Gasteiger charge is -2.32. The standard InChI is InChI=1S/C19H29N9/c1-27-10-12-28(13-11-27)9-8-21-17-24-18(22-14-15-4-6-20-7-5-15)26-19(25-17)23-16-2-3-16/h4-7,16H,2-3,8-14H2,1H3,(H3,21,22,23,24,25,26). The minimum Gasteiger partial charge on any atom is -0.353 e. The van der Waals surface area contributed by atoms with E-state index in [1.54, 1.807) is 12.4 Å². The van der Waals surface area contributed by atoms with Crippen LogP contribution in [0.5, 0.6) is 0 Å². The molecule has 2 aromatic heterocycles. The normalized spacial score (nSPS) is 18.0. The largest absolute Gasteiger partial charge is 0.353 e. The van der Waals surface area contributed by atoms with Gasteiger partial charge in [0.1, 0.15) is 0 Å². The molecule has 2 fully saturated rings. The predicted octanol–water partition coefficient (Wildman–Crippen LogP) is 1.11. The third kappa shape index (κ3) is 5.74. The van der Waals surface area contributed by atoms with Gasteiger partial charge in [-0.2, -0.15) is 15.0 Å². The number of hydrogen-bond acceptors (Lipinski definition) is 9. The Balaban J connectivity index is 1.34. The Morgan fingerprint density at radius 1 is 0.929 bits per heavy atom. The van der Waals surface area contributed by atoms with E-state index in [9.17, 15) is 0 Å². The van der Waals surface area contributed by atoms with E-state index in [2.05, 4.69) is 52.7 Å². The minimum atomic E-state index is 0.494. The Kier molecular flexibility index (Phi) is 6.13. The Labute approximate surface area is 166 Å². The van der Waals surface area contributed by atoms with Crippen molar-refractivity contribution in [1.29, 1.82) is 0 Å². The molecule has 0 unspecified atom stereocenters. The fraction of sp³-hybridized carbons (Fsp3) is 0.579. The van der Waals surface area contributed by atoms with Gasteiger partial charge in [0.25, 0.3) is 0 Å². The summed E-state index contributed by atoms with van der Waals surface area (Å²) < 4.78 is 0. The molecule has 1 aliphatic heterocycles. The van der Waals surface area contributed by atoms with Crippen molar-refractivity contribution >= 4 is 17.8 Å². The number of pyridine rings is 1. The average Bonchev–Trinajstić information content (AvgIpc) is 3.53. The van der Waals surface area contributed by atoms with Gasteiger partial charge in [-0.3, -0.25) is 9.88 Å². The molecular formula is C19H29N9. The molecule has 28 heavy (non-hydrogen) atoms. The number of hydrogen-bond donors (Lipinski definition) is 3. The Morgan fingerprint density at radius 3 is 2.32 bits per heavy atom. The number of aromatic nitrogens is 4. The first-order valence-corrected chi connectivity index (χ1v) is 10.0. The Morgan fingerprint density at radius 2 is 1.61 bits per heavy atom. The van der Waals surface area contributed by atoms with E-state index in [1.807, 2.05) is 12.1 Å². The summed E-state index contributed by atoms with van der Waals surface area (Å²) in [5.41, 5.74) is 1.14. The fourth-order valence-corrected chi connectivity index (χ4v) is 3.09. The second-order valence-electron chi connectivity index (χ2n) is 7.51. The first-order valence-electron chi connectivity index (χ1n) is 10.0. The Bertz CT molecular complexity index is 742. The molecule has 1 saturated heterocycles. The number of rotatable bonds is 9. The highest BCUT2D eigenvalue weighted by molar-refractivity contribution is 5.43. The van der Waals surface area contributed by atoms with Crippen LogP contribution in [0.4, 0.5) is 17.8 Å². The average molecular weight is 384 g/mol. The first kappa shape index (κ1) is 18.8. The number of nitrogens with one attached hydrogen (secondary N) is 3. The molecule has 4 rings (SSSR count). The molecule has 3 N–H and O–H groups in total. The van der Waals surface area contributed by atoms with Crippen molar-refractivity contribution in [3.63, 3.8) is 0 Å². The van der Waals surface area contributed by atoms with Crippen LogP contribution in [0.3, 0.4) is 0 Å². The second kappa shape index (κ2) is 9.11. The lowest BCUT2D eigenvalue weighted by Crippen LogP contribution is -2.45. The van der Waals surface area contributed by atoms with Crippen molar-refractivity contribution in [3.8, 4) is 0 Å². The molecule has 0 atom stereocenters. The highest BCUT2D eigenvalue weighted by Crippen LogP contribution is 2.23. The summed E-state index contributed by atoms with van der Waals surface area (Å²) in [6.45, 7) is 6.95. The fourth-order valence-electron chi connectivity index (χ4n) is 3.09. The lowest BCUT2D eigenvalue weighted by molar-refractivity contribution is 0.158. The summed E-state index contributed by atoms with van der Waals surface area (Å²) in [6.07, 6.45) is 5.93. The maximum absolute atomic E-state index is 4.54. The van der Waals surface area contributed by atoms with Crippen molar-refractivity contribution in [1.82, 2.24) is 29.7 Å². The smallest absolute Gasteiger partial charge is 0.229 e. The molecule has 9 nitrogen and oxygen atoms in total. The van der Waals surface area contributed by atoms with Crippen LogP contribution >= 0.6 is 0 Å². The van der Waals surface area contributed by atoms with Crippen LogP contribution in [0.25, 0.3) is 0 Å². The van der Waals surface area contributed by atoms with Crippen molar-refractivity contribution in [2.45, 2.75) is 25.4 Å². The van der Waals surface area contributed by atoms with E-state index < -0.39 is 0 Å². The third-order valence-corrected chi connectivity index (χ3v) is 5.05. The summed E-state index contributed by atoms with van der Waals surface area (Å²) in [6, 6.07) is 4.45. The summed E-state index contributed by atoms with van der Waals surface area (Å²) in [5, 5.41) is 10.0. The van der Waals surface area contributed by atoms with Gasteiger partial charge in [-0.15, -0.1) is 0 Å². The van der Waals surface area contributed by atoms with Gasteiger partial charge in [0.15, 0.2) is 0 Å². The van der Waals surface area contributed by atoms with Gasteiger partial charge in [-0.1, -0.05) is 0 Å². The molecule has 0 aromatic carbocycles. The van der Waals surface area contributed by atoms with Gasteiger partial charge >= 0.3 is 0 Å². The molecule has 3 heterocycles. The third-order valence-electron chi connectivity index (χ3n) is 5.05. The zero-order valence-electron chi connectivity index (χ0n) is 16.4. The predicted molar refractivity (Wildman–Crippen MR) is 110 cm³/mol. The van der Waals surface area contributed by atoms with Crippen molar-refractivity contribution < 1.29 is 0 Å².